The van der Waals surface area contributed by atoms with Crippen LogP contribution in [0.5, 0.6) is 5.75 Å². The molecule has 0 aromatic carbocycles. The maximum Gasteiger partial charge on any atom is 0.376 e. The quantitative estimate of drug-likeness (QED) is 0.822. The summed E-state index contributed by atoms with van der Waals surface area (Å²) >= 11 is 0. The normalized spacial score (nSPS) is 12.0. The van der Waals surface area contributed by atoms with Crippen molar-refractivity contribution < 1.29 is 23.8 Å². The topological polar surface area (TPSA) is 114 Å². The molecule has 0 bridgehead atoms. The molecule has 25 heavy (non-hydrogen) atoms. The number of esters is 2. The zero-order chi connectivity index (χ0) is 19.6. The van der Waals surface area contributed by atoms with Crippen molar-refractivity contribution in [2.24, 2.45) is 0 Å². The van der Waals surface area contributed by atoms with Crippen molar-refractivity contribution in [2.45, 2.75) is 72.7 Å². The van der Waals surface area contributed by atoms with Gasteiger partial charge in [-0.3, -0.25) is 0 Å². The van der Waals surface area contributed by atoms with Crippen LogP contribution in [0.15, 0.2) is 0 Å². The lowest BCUT2D eigenvalue weighted by Gasteiger charge is -2.22. The van der Waals surface area contributed by atoms with Crippen molar-refractivity contribution >= 4 is 17.8 Å². The summed E-state index contributed by atoms with van der Waals surface area (Å²) in [6, 6.07) is 0. The number of hydrogen-bond acceptors (Lipinski definition) is 8. The Morgan fingerprint density at radius 1 is 0.920 bits per heavy atom. The smallest absolute Gasteiger partial charge is 0.376 e. The average molecular weight is 353 g/mol. The summed E-state index contributed by atoms with van der Waals surface area (Å²) in [6.07, 6.45) is -0.278. The molecule has 0 unspecified atom stereocenters. The van der Waals surface area contributed by atoms with E-state index in [4.69, 9.17) is 19.9 Å². The van der Waals surface area contributed by atoms with Crippen LogP contribution in [0.25, 0.3) is 0 Å². The molecule has 0 atom stereocenters. The average Bonchev–Trinajstić information content (AvgIpc) is 2.36. The second-order valence-corrected chi connectivity index (χ2v) is 7.78. The van der Waals surface area contributed by atoms with Gasteiger partial charge in [-0.1, -0.05) is 0 Å². The molecule has 0 aliphatic carbocycles. The van der Waals surface area contributed by atoms with Gasteiger partial charge in [0.25, 0.3) is 0 Å². The third-order valence-corrected chi connectivity index (χ3v) is 2.42. The van der Waals surface area contributed by atoms with Crippen LogP contribution in [-0.4, -0.2) is 39.2 Å². The Bertz CT molecular complexity index is 657. The molecule has 0 spiro atoms. The highest BCUT2D eigenvalue weighted by atomic mass is 16.6. The first-order valence-corrected chi connectivity index (χ1v) is 8.00. The van der Waals surface area contributed by atoms with E-state index < -0.39 is 23.1 Å². The van der Waals surface area contributed by atoms with Gasteiger partial charge in [-0.2, -0.15) is 0 Å². The van der Waals surface area contributed by atoms with Gasteiger partial charge >= 0.3 is 11.9 Å². The lowest BCUT2D eigenvalue weighted by atomic mass is 10.2. The van der Waals surface area contributed by atoms with E-state index in [1.54, 1.807) is 55.4 Å². The first-order valence-electron chi connectivity index (χ1n) is 8.00. The van der Waals surface area contributed by atoms with Crippen molar-refractivity contribution in [1.82, 2.24) is 9.97 Å². The first kappa shape index (κ1) is 20.7. The highest BCUT2D eigenvalue weighted by Crippen LogP contribution is 2.27. The lowest BCUT2D eigenvalue weighted by Crippen LogP contribution is -2.28. The van der Waals surface area contributed by atoms with Gasteiger partial charge in [-0.05, 0) is 55.4 Å². The lowest BCUT2D eigenvalue weighted by molar-refractivity contribution is 0.00495. The molecule has 0 radical (unpaired) electrons. The highest BCUT2D eigenvalue weighted by molar-refractivity contribution is 5.94. The molecule has 140 valence electrons. The van der Waals surface area contributed by atoms with Gasteiger partial charge in [0.05, 0.1) is 6.10 Å². The van der Waals surface area contributed by atoms with E-state index in [-0.39, 0.29) is 29.2 Å². The number of aromatic nitrogens is 2. The molecular formula is C17H27N3O5. The van der Waals surface area contributed by atoms with Crippen LogP contribution in [0.4, 0.5) is 5.82 Å². The number of rotatable bonds is 4. The molecule has 1 aromatic rings. The predicted molar refractivity (Wildman–Crippen MR) is 92.5 cm³/mol. The first-order chi connectivity index (χ1) is 11.2. The molecule has 0 saturated carbocycles. The Morgan fingerprint density at radius 2 is 1.40 bits per heavy atom. The Morgan fingerprint density at radius 3 is 1.84 bits per heavy atom. The van der Waals surface area contributed by atoms with Crippen LogP contribution >= 0.6 is 0 Å². The second-order valence-electron chi connectivity index (χ2n) is 7.78. The fraction of sp³-hybridized carbons (Fsp3) is 0.647. The van der Waals surface area contributed by atoms with E-state index in [0.717, 1.165) is 0 Å². The molecule has 1 aromatic heterocycles. The zero-order valence-corrected chi connectivity index (χ0v) is 16.1. The van der Waals surface area contributed by atoms with E-state index in [9.17, 15) is 9.59 Å². The van der Waals surface area contributed by atoms with Gasteiger partial charge in [-0.15, -0.1) is 0 Å². The van der Waals surface area contributed by atoms with Gasteiger partial charge in [-0.25, -0.2) is 19.6 Å². The highest BCUT2D eigenvalue weighted by Gasteiger charge is 2.29. The van der Waals surface area contributed by atoms with Crippen LogP contribution in [0.1, 0.15) is 76.5 Å². The molecule has 0 amide bonds. The van der Waals surface area contributed by atoms with Gasteiger partial charge in [0.15, 0.2) is 17.3 Å². The minimum atomic E-state index is -0.792. The second kappa shape index (κ2) is 7.25. The summed E-state index contributed by atoms with van der Waals surface area (Å²) in [5, 5.41) is 0. The van der Waals surface area contributed by atoms with Crippen molar-refractivity contribution in [2.75, 3.05) is 5.73 Å². The molecule has 8 heteroatoms. The molecule has 1 heterocycles. The van der Waals surface area contributed by atoms with Crippen molar-refractivity contribution in [1.29, 1.82) is 0 Å². The zero-order valence-electron chi connectivity index (χ0n) is 16.1. The Labute approximate surface area is 148 Å². The number of ether oxygens (including phenoxy) is 3. The summed E-state index contributed by atoms with van der Waals surface area (Å²) in [5.74, 6) is -2.03. The maximum atomic E-state index is 12.5. The molecule has 0 fully saturated rings. The SMILES string of the molecule is CC(C)Oc1c(N)nc(C(=O)OC(C)(C)C)nc1C(=O)OC(C)(C)C. The van der Waals surface area contributed by atoms with Crippen LogP contribution < -0.4 is 10.5 Å². The van der Waals surface area contributed by atoms with E-state index in [1.807, 2.05) is 0 Å². The summed E-state index contributed by atoms with van der Waals surface area (Å²) in [5.41, 5.74) is 4.18. The number of carbonyl (C=O) groups is 2. The fourth-order valence-corrected chi connectivity index (χ4v) is 1.70. The van der Waals surface area contributed by atoms with Crippen LogP contribution in [0.3, 0.4) is 0 Å². The minimum Gasteiger partial charge on any atom is -0.485 e. The van der Waals surface area contributed by atoms with E-state index >= 15 is 0 Å². The number of nitrogens with zero attached hydrogens (tertiary/aromatic N) is 2. The monoisotopic (exact) mass is 353 g/mol. The largest absolute Gasteiger partial charge is 0.485 e. The van der Waals surface area contributed by atoms with Crippen molar-refractivity contribution in [3.05, 3.63) is 11.5 Å². The van der Waals surface area contributed by atoms with Crippen molar-refractivity contribution in [3.63, 3.8) is 0 Å². The predicted octanol–water partition coefficient (Wildman–Crippen LogP) is 2.76. The van der Waals surface area contributed by atoms with Crippen LogP contribution in [0.2, 0.25) is 0 Å². The molecule has 2 N–H and O–H groups in total. The molecule has 0 saturated heterocycles. The third kappa shape index (κ3) is 6.56. The Hall–Kier alpha value is -2.38. The summed E-state index contributed by atoms with van der Waals surface area (Å²) in [6.45, 7) is 13.8. The van der Waals surface area contributed by atoms with Crippen LogP contribution in [0, 0.1) is 0 Å². The number of nitrogen functional groups attached to an aromatic ring is 1. The number of nitrogens with two attached hydrogens (primary N) is 1. The molecule has 1 rings (SSSR count). The fourth-order valence-electron chi connectivity index (χ4n) is 1.70. The summed E-state index contributed by atoms with van der Waals surface area (Å²) in [7, 11) is 0. The summed E-state index contributed by atoms with van der Waals surface area (Å²) in [4.78, 5) is 32.6. The van der Waals surface area contributed by atoms with Gasteiger partial charge < -0.3 is 19.9 Å². The van der Waals surface area contributed by atoms with Gasteiger partial charge in [0.1, 0.15) is 11.2 Å². The molecule has 8 nitrogen and oxygen atoms in total. The third-order valence-electron chi connectivity index (χ3n) is 2.42. The Balaban J connectivity index is 3.37. The number of anilines is 1. The maximum absolute atomic E-state index is 12.5. The molecule has 0 aliphatic rings. The van der Waals surface area contributed by atoms with Gasteiger partial charge in [0.2, 0.25) is 5.82 Å². The minimum absolute atomic E-state index is 0.0171. The number of hydrogen-bond donors (Lipinski definition) is 1. The van der Waals surface area contributed by atoms with Crippen LogP contribution in [-0.2, 0) is 9.47 Å². The van der Waals surface area contributed by atoms with Crippen molar-refractivity contribution in [3.8, 4) is 5.75 Å². The van der Waals surface area contributed by atoms with Gasteiger partial charge in [0, 0.05) is 0 Å². The molecule has 0 aliphatic heterocycles. The van der Waals surface area contributed by atoms with E-state index in [0.29, 0.717) is 0 Å². The Kier molecular flexibility index (Phi) is 5.99. The number of carbonyl (C=O) groups excluding carboxylic acids is 2. The van der Waals surface area contributed by atoms with E-state index in [1.165, 1.54) is 0 Å². The van der Waals surface area contributed by atoms with E-state index in [2.05, 4.69) is 9.97 Å². The summed E-state index contributed by atoms with van der Waals surface area (Å²) < 4.78 is 16.1. The standard InChI is InChI=1S/C17H27N3O5/c1-9(2)23-11-10(14(21)24-16(3,4)5)19-13(20-12(11)18)15(22)25-17(6,7)8/h9H,1-8H3,(H2,18,19,20). The molecular weight excluding hydrogens is 326 g/mol.